The van der Waals surface area contributed by atoms with Gasteiger partial charge in [-0.1, -0.05) is 109 Å². The van der Waals surface area contributed by atoms with E-state index in [2.05, 4.69) is 26.3 Å². The van der Waals surface area contributed by atoms with Gasteiger partial charge in [-0.2, -0.15) is 0 Å². The van der Waals surface area contributed by atoms with Crippen molar-refractivity contribution in [2.24, 2.45) is 5.73 Å². The molecule has 4 aromatic carbocycles. The molecule has 5 atom stereocenters. The van der Waals surface area contributed by atoms with E-state index in [1.165, 1.54) is 25.6 Å². The van der Waals surface area contributed by atoms with Crippen LogP contribution in [0, 0.1) is 0 Å². The van der Waals surface area contributed by atoms with Crippen LogP contribution >= 0.6 is 11.8 Å². The molecule has 14 nitrogen and oxygen atoms in total. The van der Waals surface area contributed by atoms with Crippen LogP contribution < -0.4 is 27.0 Å². The Bertz CT molecular complexity index is 2320. The Morgan fingerprint density at radius 3 is 1.67 bits per heavy atom. The van der Waals surface area contributed by atoms with Gasteiger partial charge in [-0.3, -0.25) is 24.0 Å². The van der Waals surface area contributed by atoms with Gasteiger partial charge in [0.2, 0.25) is 29.5 Å². The van der Waals surface area contributed by atoms with E-state index in [0.717, 1.165) is 27.6 Å². The lowest BCUT2D eigenvalue weighted by molar-refractivity contribution is -0.145. The number of carboxylic acid groups (broad SMARTS) is 1. The van der Waals surface area contributed by atoms with Crippen LogP contribution in [0.3, 0.4) is 0 Å². The SMILES string of the molecule is CC(=O)N[C@H](C(=O)N[C@@H](CC(N)=O)C(=O)N[C@H](C(=O)N[C@@H](Cc1c[nH]c2ccccc12)C(=O)O)[C@@H](C)OC(C)(C)C)C(C)(C)SC(c1ccccc1)(c1ccccc1)c1ccccc1. The van der Waals surface area contributed by atoms with Crippen LogP contribution in [-0.4, -0.2) is 86.2 Å². The highest BCUT2D eigenvalue weighted by molar-refractivity contribution is 8.02. The van der Waals surface area contributed by atoms with Gasteiger partial charge in [-0.05, 0) is 69.9 Å². The largest absolute Gasteiger partial charge is 0.480 e. The summed E-state index contributed by atoms with van der Waals surface area (Å²) in [6.45, 7) is 11.7. The number of amides is 5. The summed E-state index contributed by atoms with van der Waals surface area (Å²) < 4.78 is 4.01. The van der Waals surface area contributed by atoms with Gasteiger partial charge in [0, 0.05) is 35.2 Å². The Morgan fingerprint density at radius 1 is 0.688 bits per heavy atom. The minimum absolute atomic E-state index is 0.0843. The van der Waals surface area contributed by atoms with Crippen molar-refractivity contribution in [3.8, 4) is 0 Å². The maximum Gasteiger partial charge on any atom is 0.326 e. The molecule has 0 aliphatic carbocycles. The maximum atomic E-state index is 14.7. The highest BCUT2D eigenvalue weighted by Crippen LogP contribution is 2.54. The second-order valence-corrected chi connectivity index (χ2v) is 19.1. The molecule has 0 radical (unpaired) electrons. The van der Waals surface area contributed by atoms with Gasteiger partial charge in [0.25, 0.3) is 0 Å². The third-order valence-corrected chi connectivity index (χ3v) is 12.4. The standard InChI is InChI=1S/C49H58N6O8S/c1-30(63-47(3,4)5)41(44(59)54-39(46(61)62)27-32-29-51-37-26-18-17-25-36(32)37)55-43(58)38(28-40(50)57)53-45(60)42(52-31(2)56)48(6,7)64-49(33-19-11-8-12-20-33,34-21-13-9-14-22-34)35-23-15-10-16-24-35/h8-26,29-30,38-39,41-42,51H,27-28H2,1-7H3,(H2,50,57)(H,52,56)(H,53,60)(H,54,59)(H,55,58)(H,61,62)/t30-,38+,39+,41+,42-/m1/s1. The van der Waals surface area contributed by atoms with E-state index >= 15 is 0 Å². The number of hydrogen-bond acceptors (Lipinski definition) is 8. The molecule has 0 fully saturated rings. The second kappa shape index (κ2) is 20.8. The minimum Gasteiger partial charge on any atom is -0.480 e. The van der Waals surface area contributed by atoms with Crippen LogP contribution in [0.2, 0.25) is 0 Å². The Kier molecular flexibility index (Phi) is 15.8. The third-order valence-electron chi connectivity index (χ3n) is 10.6. The van der Waals surface area contributed by atoms with Crippen LogP contribution in [0.15, 0.2) is 121 Å². The number of aromatic amines is 1. The van der Waals surface area contributed by atoms with E-state index in [-0.39, 0.29) is 6.42 Å². The predicted octanol–water partition coefficient (Wildman–Crippen LogP) is 5.34. The number of carboxylic acids is 1. The number of aromatic nitrogens is 1. The zero-order chi connectivity index (χ0) is 46.8. The third kappa shape index (κ3) is 12.2. The molecule has 5 aromatic rings. The summed E-state index contributed by atoms with van der Waals surface area (Å²) in [6, 6.07) is 30.8. The van der Waals surface area contributed by atoms with Crippen molar-refractivity contribution < 1.29 is 38.6 Å². The maximum absolute atomic E-state index is 14.7. The van der Waals surface area contributed by atoms with Gasteiger partial charge in [-0.15, -0.1) is 11.8 Å². The summed E-state index contributed by atoms with van der Waals surface area (Å²) >= 11 is 1.43. The van der Waals surface area contributed by atoms with Crippen molar-refractivity contribution in [3.63, 3.8) is 0 Å². The molecule has 0 unspecified atom stereocenters. The van der Waals surface area contributed by atoms with Crippen molar-refractivity contribution in [1.82, 2.24) is 26.3 Å². The van der Waals surface area contributed by atoms with Crippen LogP contribution in [-0.2, 0) is 44.7 Å². The zero-order valence-electron chi connectivity index (χ0n) is 37.1. The number of hydrogen-bond donors (Lipinski definition) is 7. The molecule has 0 saturated heterocycles. The molecule has 338 valence electrons. The number of para-hydroxylation sites is 1. The fraction of sp³-hybridized carbons (Fsp3) is 0.347. The van der Waals surface area contributed by atoms with Gasteiger partial charge in [-0.25, -0.2) is 4.79 Å². The topological polar surface area (TPSA) is 222 Å². The molecule has 0 aliphatic heterocycles. The van der Waals surface area contributed by atoms with Gasteiger partial charge < -0.3 is 41.8 Å². The molecule has 15 heteroatoms. The fourth-order valence-corrected chi connectivity index (χ4v) is 9.67. The number of thioether (sulfide) groups is 1. The van der Waals surface area contributed by atoms with Gasteiger partial charge in [0.05, 0.1) is 22.9 Å². The van der Waals surface area contributed by atoms with E-state index in [1.807, 2.05) is 129 Å². The number of ether oxygens (including phenoxy) is 1. The number of H-pyrrole nitrogens is 1. The fourth-order valence-electron chi connectivity index (χ4n) is 7.83. The molecule has 1 heterocycles. The monoisotopic (exact) mass is 890 g/mol. The average Bonchev–Trinajstić information content (AvgIpc) is 3.65. The Morgan fingerprint density at radius 2 is 1.19 bits per heavy atom. The molecule has 64 heavy (non-hydrogen) atoms. The normalized spacial score (nSPS) is 14.3. The number of rotatable bonds is 20. The number of nitrogens with one attached hydrogen (secondary N) is 5. The number of primary amides is 1. The van der Waals surface area contributed by atoms with E-state index in [1.54, 1.807) is 27.0 Å². The molecule has 0 bridgehead atoms. The van der Waals surface area contributed by atoms with Crippen LogP contribution in [0.4, 0.5) is 0 Å². The lowest BCUT2D eigenvalue weighted by Crippen LogP contribution is -2.63. The van der Waals surface area contributed by atoms with Crippen molar-refractivity contribution in [2.45, 2.75) is 107 Å². The summed E-state index contributed by atoms with van der Waals surface area (Å²) in [7, 11) is 0. The summed E-state index contributed by atoms with van der Waals surface area (Å²) in [5.74, 6) is -5.44. The number of benzene rings is 4. The molecular formula is C49H58N6O8S. The van der Waals surface area contributed by atoms with Crippen LogP contribution in [0.1, 0.15) is 77.1 Å². The summed E-state index contributed by atoms with van der Waals surface area (Å²) in [5.41, 5.74) is 8.98. The van der Waals surface area contributed by atoms with Crippen molar-refractivity contribution in [2.75, 3.05) is 0 Å². The number of aliphatic carboxylic acids is 1. The first-order valence-electron chi connectivity index (χ1n) is 21.0. The molecule has 8 N–H and O–H groups in total. The molecule has 1 aromatic heterocycles. The molecule has 5 amide bonds. The lowest BCUT2D eigenvalue weighted by atomic mass is 9.84. The predicted molar refractivity (Wildman–Crippen MR) is 248 cm³/mol. The number of fused-ring (bicyclic) bond motifs is 1. The van der Waals surface area contributed by atoms with Crippen LogP contribution in [0.5, 0.6) is 0 Å². The zero-order valence-corrected chi connectivity index (χ0v) is 38.0. The number of carbonyl (C=O) groups excluding carboxylic acids is 5. The minimum atomic E-state index is -1.64. The summed E-state index contributed by atoms with van der Waals surface area (Å²) in [4.78, 5) is 84.3. The first kappa shape index (κ1) is 48.6. The number of carbonyl (C=O) groups is 6. The number of nitrogens with two attached hydrogens (primary N) is 1. The molecule has 0 saturated carbocycles. The Hall–Kier alpha value is -6.45. The average molecular weight is 891 g/mol. The van der Waals surface area contributed by atoms with Crippen molar-refractivity contribution in [3.05, 3.63) is 144 Å². The smallest absolute Gasteiger partial charge is 0.326 e. The Balaban J connectivity index is 1.47. The highest BCUT2D eigenvalue weighted by Gasteiger charge is 2.48. The van der Waals surface area contributed by atoms with Crippen molar-refractivity contribution >= 4 is 58.2 Å². The quantitative estimate of drug-likeness (QED) is 0.0501. The van der Waals surface area contributed by atoms with E-state index in [4.69, 9.17) is 10.5 Å². The van der Waals surface area contributed by atoms with Gasteiger partial charge in [0.15, 0.2) is 0 Å². The molecule has 0 aliphatic rings. The van der Waals surface area contributed by atoms with Gasteiger partial charge in [0.1, 0.15) is 24.2 Å². The molecule has 5 rings (SSSR count). The lowest BCUT2D eigenvalue weighted by Gasteiger charge is -2.44. The highest BCUT2D eigenvalue weighted by atomic mass is 32.2. The van der Waals surface area contributed by atoms with E-state index < -0.39 is 87.3 Å². The first-order chi connectivity index (χ1) is 30.2. The molecule has 0 spiro atoms. The van der Waals surface area contributed by atoms with E-state index in [9.17, 15) is 33.9 Å². The Labute approximate surface area is 377 Å². The van der Waals surface area contributed by atoms with Gasteiger partial charge >= 0.3 is 5.97 Å². The molecular weight excluding hydrogens is 833 g/mol. The summed E-state index contributed by atoms with van der Waals surface area (Å²) in [6.07, 6.45) is -0.130. The van der Waals surface area contributed by atoms with Crippen molar-refractivity contribution in [1.29, 1.82) is 0 Å². The van der Waals surface area contributed by atoms with E-state index in [0.29, 0.717) is 5.56 Å². The second-order valence-electron chi connectivity index (χ2n) is 17.2. The van der Waals surface area contributed by atoms with Crippen LogP contribution in [0.25, 0.3) is 10.9 Å². The first-order valence-corrected chi connectivity index (χ1v) is 21.8. The summed E-state index contributed by atoms with van der Waals surface area (Å²) in [5, 5.41) is 21.6.